The first-order chi connectivity index (χ1) is 10.8. The molecule has 3 heterocycles. The van der Waals surface area contributed by atoms with E-state index >= 15 is 0 Å². The lowest BCUT2D eigenvalue weighted by atomic mass is 10.1. The van der Waals surface area contributed by atoms with E-state index in [1.807, 2.05) is 38.6 Å². The molecule has 1 aliphatic heterocycles. The van der Waals surface area contributed by atoms with Crippen LogP contribution in [0.5, 0.6) is 0 Å². The van der Waals surface area contributed by atoms with Crippen LogP contribution in [0.25, 0.3) is 0 Å². The van der Waals surface area contributed by atoms with E-state index in [2.05, 4.69) is 15.4 Å². The molecular formula is C15H21N5O3. The standard InChI is InChI=1S/C15H21N5O3/c1-10-13(18-23-17-10)9-20-8-11-7-19(6-5-12(11)16-20)14(21)22-15(2,3)4/h8H,5-7,9H2,1-4H3. The third-order valence-electron chi connectivity index (χ3n) is 3.61. The number of nitrogens with zero attached hydrogens (tertiary/aromatic N) is 5. The van der Waals surface area contributed by atoms with Crippen LogP contribution in [0.1, 0.15) is 43.4 Å². The van der Waals surface area contributed by atoms with Gasteiger partial charge in [0.05, 0.1) is 18.8 Å². The van der Waals surface area contributed by atoms with Gasteiger partial charge in [-0.05, 0) is 27.7 Å². The molecule has 0 aromatic carbocycles. The lowest BCUT2D eigenvalue weighted by Crippen LogP contribution is -2.39. The molecule has 1 amide bonds. The minimum atomic E-state index is -0.487. The van der Waals surface area contributed by atoms with E-state index in [0.29, 0.717) is 19.6 Å². The van der Waals surface area contributed by atoms with Crippen LogP contribution in [0, 0.1) is 6.92 Å². The number of hydrogen-bond donors (Lipinski definition) is 0. The Hall–Kier alpha value is -2.38. The average molecular weight is 319 g/mol. The first kappa shape index (κ1) is 15.5. The van der Waals surface area contributed by atoms with Crippen molar-refractivity contribution in [1.29, 1.82) is 0 Å². The van der Waals surface area contributed by atoms with Crippen molar-refractivity contribution in [2.45, 2.75) is 52.8 Å². The molecule has 23 heavy (non-hydrogen) atoms. The third-order valence-corrected chi connectivity index (χ3v) is 3.61. The summed E-state index contributed by atoms with van der Waals surface area (Å²) in [5.74, 6) is 0. The Morgan fingerprint density at radius 1 is 1.39 bits per heavy atom. The summed E-state index contributed by atoms with van der Waals surface area (Å²) in [5.41, 5.74) is 3.08. The van der Waals surface area contributed by atoms with Crippen LogP contribution in [0.2, 0.25) is 0 Å². The predicted molar refractivity (Wildman–Crippen MR) is 80.7 cm³/mol. The van der Waals surface area contributed by atoms with Gasteiger partial charge in [0.15, 0.2) is 0 Å². The molecule has 1 aliphatic rings. The van der Waals surface area contributed by atoms with Gasteiger partial charge in [-0.25, -0.2) is 9.42 Å². The van der Waals surface area contributed by atoms with Gasteiger partial charge >= 0.3 is 6.09 Å². The Bertz CT molecular complexity index is 713. The largest absolute Gasteiger partial charge is 0.444 e. The number of aromatic nitrogens is 4. The number of carbonyl (C=O) groups excluding carboxylic acids is 1. The van der Waals surface area contributed by atoms with Crippen LogP contribution in [-0.2, 0) is 24.2 Å². The molecule has 0 N–H and O–H groups in total. The van der Waals surface area contributed by atoms with E-state index in [1.165, 1.54) is 0 Å². The lowest BCUT2D eigenvalue weighted by Gasteiger charge is -2.29. The first-order valence-corrected chi connectivity index (χ1v) is 7.63. The molecular weight excluding hydrogens is 298 g/mol. The van der Waals surface area contributed by atoms with Crippen molar-refractivity contribution in [3.8, 4) is 0 Å². The van der Waals surface area contributed by atoms with Gasteiger partial charge in [0.1, 0.15) is 17.0 Å². The van der Waals surface area contributed by atoms with Crippen LogP contribution in [0.15, 0.2) is 10.8 Å². The number of rotatable bonds is 2. The molecule has 0 saturated heterocycles. The summed E-state index contributed by atoms with van der Waals surface area (Å²) in [6.07, 6.45) is 2.38. The predicted octanol–water partition coefficient (Wildman–Crippen LogP) is 1.92. The van der Waals surface area contributed by atoms with E-state index in [0.717, 1.165) is 29.1 Å². The zero-order chi connectivity index (χ0) is 16.6. The first-order valence-electron chi connectivity index (χ1n) is 7.63. The Morgan fingerprint density at radius 2 is 2.17 bits per heavy atom. The molecule has 8 nitrogen and oxygen atoms in total. The number of fused-ring (bicyclic) bond motifs is 1. The lowest BCUT2D eigenvalue weighted by molar-refractivity contribution is 0.0223. The zero-order valence-corrected chi connectivity index (χ0v) is 13.9. The smallest absolute Gasteiger partial charge is 0.410 e. The number of ether oxygens (including phenoxy) is 1. The van der Waals surface area contributed by atoms with Crippen molar-refractivity contribution in [1.82, 2.24) is 25.0 Å². The maximum atomic E-state index is 12.2. The van der Waals surface area contributed by atoms with Crippen LogP contribution in [0.4, 0.5) is 4.79 Å². The van der Waals surface area contributed by atoms with Gasteiger partial charge in [-0.3, -0.25) is 4.68 Å². The maximum absolute atomic E-state index is 12.2. The second kappa shape index (κ2) is 5.68. The van der Waals surface area contributed by atoms with Crippen molar-refractivity contribution in [2.24, 2.45) is 0 Å². The number of aryl methyl sites for hydroxylation is 1. The SMILES string of the molecule is Cc1nonc1Cn1cc2c(n1)CCN(C(=O)OC(C)(C)C)C2. The molecule has 0 fully saturated rings. The van der Waals surface area contributed by atoms with E-state index in [4.69, 9.17) is 9.37 Å². The molecule has 0 saturated carbocycles. The Kier molecular flexibility index (Phi) is 3.83. The highest BCUT2D eigenvalue weighted by Crippen LogP contribution is 2.20. The van der Waals surface area contributed by atoms with Crippen molar-refractivity contribution in [3.63, 3.8) is 0 Å². The quantitative estimate of drug-likeness (QED) is 0.840. The molecule has 8 heteroatoms. The summed E-state index contributed by atoms with van der Waals surface area (Å²) in [6, 6.07) is 0. The van der Waals surface area contributed by atoms with Gasteiger partial charge in [0, 0.05) is 24.7 Å². The highest BCUT2D eigenvalue weighted by molar-refractivity contribution is 5.68. The summed E-state index contributed by atoms with van der Waals surface area (Å²) in [4.78, 5) is 13.9. The number of hydrogen-bond acceptors (Lipinski definition) is 6. The van der Waals surface area contributed by atoms with Crippen molar-refractivity contribution >= 4 is 6.09 Å². The number of amides is 1. The van der Waals surface area contributed by atoms with Crippen LogP contribution >= 0.6 is 0 Å². The molecule has 0 atom stereocenters. The van der Waals surface area contributed by atoms with Crippen molar-refractivity contribution in [2.75, 3.05) is 6.54 Å². The summed E-state index contributed by atoms with van der Waals surface area (Å²) in [7, 11) is 0. The van der Waals surface area contributed by atoms with Crippen LogP contribution in [0.3, 0.4) is 0 Å². The van der Waals surface area contributed by atoms with Gasteiger partial charge < -0.3 is 9.64 Å². The molecule has 0 unspecified atom stereocenters. The highest BCUT2D eigenvalue weighted by Gasteiger charge is 2.27. The Labute approximate surface area is 134 Å². The van der Waals surface area contributed by atoms with Crippen LogP contribution < -0.4 is 0 Å². The van der Waals surface area contributed by atoms with E-state index in [-0.39, 0.29) is 6.09 Å². The van der Waals surface area contributed by atoms with Gasteiger partial charge in [-0.2, -0.15) is 5.10 Å². The average Bonchev–Trinajstić information content (AvgIpc) is 3.02. The van der Waals surface area contributed by atoms with Gasteiger partial charge in [-0.1, -0.05) is 10.3 Å². The minimum absolute atomic E-state index is 0.285. The molecule has 3 rings (SSSR count). The summed E-state index contributed by atoms with van der Waals surface area (Å²) in [6.45, 7) is 9.09. The fraction of sp³-hybridized carbons (Fsp3) is 0.600. The molecule has 0 spiro atoms. The number of carbonyl (C=O) groups is 1. The van der Waals surface area contributed by atoms with Crippen molar-refractivity contribution < 1.29 is 14.2 Å². The Balaban J connectivity index is 1.70. The minimum Gasteiger partial charge on any atom is -0.444 e. The van der Waals surface area contributed by atoms with Gasteiger partial charge in [0.2, 0.25) is 0 Å². The molecule has 0 aliphatic carbocycles. The normalized spacial score (nSPS) is 14.7. The monoisotopic (exact) mass is 319 g/mol. The molecule has 2 aromatic rings. The van der Waals surface area contributed by atoms with E-state index in [1.54, 1.807) is 4.90 Å². The van der Waals surface area contributed by atoms with Gasteiger partial charge in [0.25, 0.3) is 0 Å². The molecule has 2 aromatic heterocycles. The topological polar surface area (TPSA) is 86.3 Å². The fourth-order valence-electron chi connectivity index (χ4n) is 2.48. The molecule has 124 valence electrons. The maximum Gasteiger partial charge on any atom is 0.410 e. The summed E-state index contributed by atoms with van der Waals surface area (Å²) in [5, 5.41) is 12.2. The zero-order valence-electron chi connectivity index (χ0n) is 13.9. The third kappa shape index (κ3) is 3.52. The van der Waals surface area contributed by atoms with Crippen molar-refractivity contribution in [3.05, 3.63) is 28.8 Å². The van der Waals surface area contributed by atoms with E-state index in [9.17, 15) is 4.79 Å². The van der Waals surface area contributed by atoms with Crippen LogP contribution in [-0.4, -0.2) is 43.2 Å². The van der Waals surface area contributed by atoms with E-state index < -0.39 is 5.60 Å². The highest BCUT2D eigenvalue weighted by atomic mass is 16.6. The second-order valence-electron chi connectivity index (χ2n) is 6.75. The summed E-state index contributed by atoms with van der Waals surface area (Å²) < 4.78 is 11.9. The Morgan fingerprint density at radius 3 is 2.83 bits per heavy atom. The molecule has 0 bridgehead atoms. The second-order valence-corrected chi connectivity index (χ2v) is 6.75. The fourth-order valence-corrected chi connectivity index (χ4v) is 2.48. The molecule has 0 radical (unpaired) electrons. The summed E-state index contributed by atoms with van der Waals surface area (Å²) >= 11 is 0. The van der Waals surface area contributed by atoms with Gasteiger partial charge in [-0.15, -0.1) is 0 Å².